The number of ether oxygens (including phenoxy) is 1. The van der Waals surface area contributed by atoms with Gasteiger partial charge in [-0.1, -0.05) is 0 Å². The molecule has 0 bridgehead atoms. The molecule has 0 saturated heterocycles. The summed E-state index contributed by atoms with van der Waals surface area (Å²) in [5.41, 5.74) is -1.08. The van der Waals surface area contributed by atoms with Gasteiger partial charge in [0.05, 0.1) is 22.6 Å². The standard InChI is InChI=1S/C12H13BrF3N5O2/c1-3-23-6-21-5-7(4-17-21)18-11(22)9-8(13)10(12(14,15)16)20(2)19-9/h4-5H,3,6H2,1-2H3,(H,18,22). The molecule has 1 N–H and O–H groups in total. The van der Waals surface area contributed by atoms with Crippen LogP contribution in [0.3, 0.4) is 0 Å². The molecule has 2 aromatic rings. The van der Waals surface area contributed by atoms with E-state index in [1.165, 1.54) is 17.1 Å². The first kappa shape index (κ1) is 17.5. The highest BCUT2D eigenvalue weighted by Gasteiger charge is 2.39. The molecule has 0 aliphatic heterocycles. The fourth-order valence-electron chi connectivity index (χ4n) is 1.82. The van der Waals surface area contributed by atoms with Gasteiger partial charge in [0, 0.05) is 13.7 Å². The normalized spacial score (nSPS) is 11.7. The van der Waals surface area contributed by atoms with Crippen LogP contribution in [0.1, 0.15) is 23.1 Å². The van der Waals surface area contributed by atoms with Crippen LogP contribution in [-0.2, 0) is 24.7 Å². The van der Waals surface area contributed by atoms with Crippen molar-refractivity contribution in [1.29, 1.82) is 0 Å². The van der Waals surface area contributed by atoms with Crippen molar-refractivity contribution >= 4 is 27.5 Å². The van der Waals surface area contributed by atoms with Crippen LogP contribution in [0.15, 0.2) is 16.9 Å². The third kappa shape index (κ3) is 3.91. The number of halogens is 4. The highest BCUT2D eigenvalue weighted by Crippen LogP contribution is 2.36. The van der Waals surface area contributed by atoms with Gasteiger partial charge in [-0.3, -0.25) is 9.48 Å². The SMILES string of the molecule is CCOCn1cc(NC(=O)c2nn(C)c(C(F)(F)F)c2Br)cn1. The second-order valence-corrected chi connectivity index (χ2v) is 5.27. The van der Waals surface area contributed by atoms with Gasteiger partial charge >= 0.3 is 6.18 Å². The summed E-state index contributed by atoms with van der Waals surface area (Å²) in [5.74, 6) is -0.779. The first-order chi connectivity index (χ1) is 10.7. The zero-order valence-electron chi connectivity index (χ0n) is 12.2. The largest absolute Gasteiger partial charge is 0.434 e. The molecule has 23 heavy (non-hydrogen) atoms. The average Bonchev–Trinajstić information content (AvgIpc) is 3.00. The van der Waals surface area contributed by atoms with Crippen molar-refractivity contribution in [3.05, 3.63) is 28.3 Å². The van der Waals surface area contributed by atoms with Crippen molar-refractivity contribution in [2.45, 2.75) is 19.8 Å². The van der Waals surface area contributed by atoms with Crippen LogP contribution < -0.4 is 5.32 Å². The highest BCUT2D eigenvalue weighted by molar-refractivity contribution is 9.10. The molecule has 2 heterocycles. The van der Waals surface area contributed by atoms with Crippen molar-refractivity contribution in [3.8, 4) is 0 Å². The molecule has 0 aliphatic carbocycles. The number of nitrogens with one attached hydrogen (secondary N) is 1. The fourth-order valence-corrected chi connectivity index (χ4v) is 2.57. The number of alkyl halides is 3. The molecule has 11 heteroatoms. The molecule has 7 nitrogen and oxygen atoms in total. The summed E-state index contributed by atoms with van der Waals surface area (Å²) in [5, 5.41) is 10.00. The smallest absolute Gasteiger partial charge is 0.360 e. The lowest BCUT2D eigenvalue weighted by atomic mass is 10.3. The quantitative estimate of drug-likeness (QED) is 0.844. The number of rotatable bonds is 5. The lowest BCUT2D eigenvalue weighted by molar-refractivity contribution is -0.144. The third-order valence-electron chi connectivity index (χ3n) is 2.79. The zero-order valence-corrected chi connectivity index (χ0v) is 13.8. The fraction of sp³-hybridized carbons (Fsp3) is 0.417. The Labute approximate surface area is 137 Å². The molecule has 0 spiro atoms. The number of hydrogen-bond donors (Lipinski definition) is 1. The second kappa shape index (κ2) is 6.71. The van der Waals surface area contributed by atoms with Gasteiger partial charge < -0.3 is 10.1 Å². The molecular formula is C12H13BrF3N5O2. The number of amides is 1. The molecule has 0 saturated carbocycles. The maximum absolute atomic E-state index is 12.9. The van der Waals surface area contributed by atoms with Gasteiger partial charge in [-0.2, -0.15) is 23.4 Å². The predicted molar refractivity (Wildman–Crippen MR) is 77.7 cm³/mol. The third-order valence-corrected chi connectivity index (χ3v) is 3.54. The number of anilines is 1. The van der Waals surface area contributed by atoms with Crippen LogP contribution in [0, 0.1) is 0 Å². The van der Waals surface area contributed by atoms with E-state index in [4.69, 9.17) is 4.74 Å². The van der Waals surface area contributed by atoms with E-state index in [-0.39, 0.29) is 12.4 Å². The number of aryl methyl sites for hydroxylation is 1. The van der Waals surface area contributed by atoms with Gasteiger partial charge in [-0.25, -0.2) is 4.68 Å². The zero-order chi connectivity index (χ0) is 17.2. The van der Waals surface area contributed by atoms with E-state index < -0.39 is 22.3 Å². The summed E-state index contributed by atoms with van der Waals surface area (Å²) in [6, 6.07) is 0. The Balaban J connectivity index is 2.17. The number of aromatic nitrogens is 4. The Kier molecular flexibility index (Phi) is 5.09. The molecule has 0 aliphatic rings. The van der Waals surface area contributed by atoms with Crippen molar-refractivity contribution < 1.29 is 22.7 Å². The minimum atomic E-state index is -4.62. The Bertz CT molecular complexity index is 710. The average molecular weight is 396 g/mol. The van der Waals surface area contributed by atoms with Crippen LogP contribution in [0.25, 0.3) is 0 Å². The van der Waals surface area contributed by atoms with Crippen molar-refractivity contribution in [2.75, 3.05) is 11.9 Å². The Morgan fingerprint density at radius 1 is 1.48 bits per heavy atom. The minimum absolute atomic E-state index is 0.206. The first-order valence-corrected chi connectivity index (χ1v) is 7.24. The molecule has 2 rings (SSSR count). The Morgan fingerprint density at radius 2 is 2.17 bits per heavy atom. The summed E-state index contributed by atoms with van der Waals surface area (Å²) in [6.45, 7) is 2.53. The van der Waals surface area contributed by atoms with Gasteiger partial charge in [0.2, 0.25) is 0 Å². The molecule has 0 unspecified atom stereocenters. The van der Waals surface area contributed by atoms with Gasteiger partial charge in [-0.15, -0.1) is 0 Å². The molecule has 0 atom stereocenters. The Morgan fingerprint density at radius 3 is 2.74 bits per heavy atom. The monoisotopic (exact) mass is 395 g/mol. The van der Waals surface area contributed by atoms with Crippen molar-refractivity contribution in [3.63, 3.8) is 0 Å². The van der Waals surface area contributed by atoms with E-state index in [1.807, 2.05) is 6.92 Å². The van der Waals surface area contributed by atoms with Crippen LogP contribution in [0.4, 0.5) is 18.9 Å². The predicted octanol–water partition coefficient (Wildman–Crippen LogP) is 2.64. The second-order valence-electron chi connectivity index (χ2n) is 4.48. The van der Waals surface area contributed by atoms with E-state index in [1.54, 1.807) is 0 Å². The molecule has 0 radical (unpaired) electrons. The van der Waals surface area contributed by atoms with E-state index >= 15 is 0 Å². The van der Waals surface area contributed by atoms with E-state index in [9.17, 15) is 18.0 Å². The molecule has 0 aromatic carbocycles. The van der Waals surface area contributed by atoms with Gasteiger partial charge in [0.1, 0.15) is 6.73 Å². The van der Waals surface area contributed by atoms with Crippen LogP contribution in [0.5, 0.6) is 0 Å². The molecule has 0 fully saturated rings. The highest BCUT2D eigenvalue weighted by atomic mass is 79.9. The van der Waals surface area contributed by atoms with Crippen LogP contribution >= 0.6 is 15.9 Å². The van der Waals surface area contributed by atoms with Crippen molar-refractivity contribution in [1.82, 2.24) is 19.6 Å². The molecule has 126 valence electrons. The number of carbonyl (C=O) groups is 1. The first-order valence-electron chi connectivity index (χ1n) is 6.45. The molecule has 2 aromatic heterocycles. The maximum atomic E-state index is 12.9. The van der Waals surface area contributed by atoms with Crippen LogP contribution in [0.2, 0.25) is 0 Å². The summed E-state index contributed by atoms with van der Waals surface area (Å²) in [7, 11) is 1.12. The van der Waals surface area contributed by atoms with Gasteiger partial charge in [-0.05, 0) is 22.9 Å². The summed E-state index contributed by atoms with van der Waals surface area (Å²) < 4.78 is 45.4. The maximum Gasteiger partial charge on any atom is 0.434 e. The van der Waals surface area contributed by atoms with Gasteiger partial charge in [0.15, 0.2) is 11.4 Å². The summed E-state index contributed by atoms with van der Waals surface area (Å²) in [4.78, 5) is 12.1. The van der Waals surface area contributed by atoms with Crippen molar-refractivity contribution in [2.24, 2.45) is 7.05 Å². The number of hydrogen-bond acceptors (Lipinski definition) is 4. The lowest BCUT2D eigenvalue weighted by Gasteiger charge is -2.06. The molecule has 1 amide bonds. The number of carbonyl (C=O) groups excluding carboxylic acids is 1. The van der Waals surface area contributed by atoms with E-state index in [2.05, 4.69) is 31.4 Å². The minimum Gasteiger partial charge on any atom is -0.360 e. The van der Waals surface area contributed by atoms with E-state index in [0.717, 1.165) is 7.05 Å². The summed E-state index contributed by atoms with van der Waals surface area (Å²) in [6.07, 6.45) is -1.77. The number of nitrogens with zero attached hydrogens (tertiary/aromatic N) is 4. The lowest BCUT2D eigenvalue weighted by Crippen LogP contribution is -2.13. The molecular weight excluding hydrogens is 383 g/mol. The topological polar surface area (TPSA) is 74.0 Å². The Hall–Kier alpha value is -1.88. The van der Waals surface area contributed by atoms with Gasteiger partial charge in [0.25, 0.3) is 5.91 Å². The summed E-state index contributed by atoms with van der Waals surface area (Å²) >= 11 is 2.79. The van der Waals surface area contributed by atoms with E-state index in [0.29, 0.717) is 17.0 Å². The van der Waals surface area contributed by atoms with Crippen LogP contribution in [-0.4, -0.2) is 32.1 Å².